The SMILES string of the molecule is CCO[Si](CCCn1cc(CN(Cc2cn(CCC[Si](OCC)(OCC)OCC)nn2)c2ccc(OC)cc2)nn1)(OCC)OCC. The fourth-order valence-corrected chi connectivity index (χ4v) is 10.6. The Morgan fingerprint density at radius 3 is 1.32 bits per heavy atom. The van der Waals surface area contributed by atoms with Crippen molar-refractivity contribution in [1.82, 2.24) is 30.0 Å². The van der Waals surface area contributed by atoms with Gasteiger partial charge in [0.05, 0.1) is 32.6 Å². The Labute approximate surface area is 282 Å². The molecule has 2 aromatic heterocycles. The van der Waals surface area contributed by atoms with Crippen molar-refractivity contribution in [3.63, 3.8) is 0 Å². The zero-order chi connectivity index (χ0) is 34.0. The first-order valence-corrected chi connectivity index (χ1v) is 20.7. The van der Waals surface area contributed by atoms with Crippen molar-refractivity contribution in [2.45, 2.75) is 92.7 Å². The first kappa shape index (κ1) is 38.7. The molecule has 0 saturated carbocycles. The largest absolute Gasteiger partial charge is 0.500 e. The van der Waals surface area contributed by atoms with Crippen LogP contribution in [-0.2, 0) is 52.7 Å². The molecule has 14 nitrogen and oxygen atoms in total. The molecule has 264 valence electrons. The van der Waals surface area contributed by atoms with Crippen molar-refractivity contribution in [2.24, 2.45) is 0 Å². The van der Waals surface area contributed by atoms with Crippen LogP contribution >= 0.6 is 0 Å². The summed E-state index contributed by atoms with van der Waals surface area (Å²) in [5.41, 5.74) is 2.71. The highest BCUT2D eigenvalue weighted by Gasteiger charge is 2.40. The maximum atomic E-state index is 6.00. The lowest BCUT2D eigenvalue weighted by molar-refractivity contribution is 0.0696. The van der Waals surface area contributed by atoms with Gasteiger partial charge in [-0.2, -0.15) is 0 Å². The lowest BCUT2D eigenvalue weighted by Crippen LogP contribution is -2.46. The number of benzene rings is 1. The molecule has 0 aliphatic rings. The Bertz CT molecular complexity index is 1160. The van der Waals surface area contributed by atoms with Gasteiger partial charge in [0.15, 0.2) is 0 Å². The van der Waals surface area contributed by atoms with E-state index < -0.39 is 17.6 Å². The third kappa shape index (κ3) is 12.4. The topological polar surface area (TPSA) is 129 Å². The molecular formula is C31H55N7O7Si2. The minimum Gasteiger partial charge on any atom is -0.497 e. The van der Waals surface area contributed by atoms with Crippen molar-refractivity contribution in [1.29, 1.82) is 0 Å². The zero-order valence-electron chi connectivity index (χ0n) is 29.4. The Balaban J connectivity index is 1.66. The summed E-state index contributed by atoms with van der Waals surface area (Å²) in [6.45, 7) is 17.7. The van der Waals surface area contributed by atoms with Gasteiger partial charge in [-0.3, -0.25) is 9.36 Å². The molecule has 2 heterocycles. The Morgan fingerprint density at radius 1 is 0.596 bits per heavy atom. The minimum absolute atomic E-state index is 0.542. The molecule has 1 aromatic carbocycles. The van der Waals surface area contributed by atoms with E-state index in [0.717, 1.165) is 47.8 Å². The lowest BCUT2D eigenvalue weighted by atomic mass is 10.2. The molecule has 0 bridgehead atoms. The van der Waals surface area contributed by atoms with Crippen LogP contribution in [0, 0.1) is 0 Å². The van der Waals surface area contributed by atoms with Gasteiger partial charge in [0.25, 0.3) is 0 Å². The van der Waals surface area contributed by atoms with E-state index >= 15 is 0 Å². The fourth-order valence-electron chi connectivity index (χ4n) is 5.38. The molecule has 47 heavy (non-hydrogen) atoms. The van der Waals surface area contributed by atoms with E-state index in [1.165, 1.54) is 0 Å². The summed E-state index contributed by atoms with van der Waals surface area (Å²) in [7, 11) is -3.74. The van der Waals surface area contributed by atoms with Gasteiger partial charge in [-0.15, -0.1) is 10.2 Å². The molecule has 0 aliphatic carbocycles. The predicted molar refractivity (Wildman–Crippen MR) is 183 cm³/mol. The van der Waals surface area contributed by atoms with Gasteiger partial charge in [0.1, 0.15) is 17.1 Å². The van der Waals surface area contributed by atoms with Crippen LogP contribution < -0.4 is 9.64 Å². The highest BCUT2D eigenvalue weighted by molar-refractivity contribution is 6.61. The van der Waals surface area contributed by atoms with E-state index in [4.69, 9.17) is 31.3 Å². The van der Waals surface area contributed by atoms with Crippen molar-refractivity contribution >= 4 is 23.3 Å². The molecule has 0 saturated heterocycles. The van der Waals surface area contributed by atoms with Crippen LogP contribution in [0.2, 0.25) is 12.1 Å². The average Bonchev–Trinajstić information content (AvgIpc) is 3.71. The van der Waals surface area contributed by atoms with Gasteiger partial charge in [-0.25, -0.2) is 0 Å². The van der Waals surface area contributed by atoms with Crippen molar-refractivity contribution < 1.29 is 31.3 Å². The fraction of sp³-hybridized carbons (Fsp3) is 0.677. The van der Waals surface area contributed by atoms with E-state index in [9.17, 15) is 0 Å². The number of aryl methyl sites for hydroxylation is 2. The second-order valence-corrected chi connectivity index (χ2v) is 16.1. The van der Waals surface area contributed by atoms with Gasteiger partial charge in [0, 0.05) is 70.5 Å². The van der Waals surface area contributed by atoms with Gasteiger partial charge in [-0.1, -0.05) is 10.4 Å². The van der Waals surface area contributed by atoms with E-state index in [1.807, 2.05) is 87.6 Å². The van der Waals surface area contributed by atoms with Gasteiger partial charge >= 0.3 is 17.6 Å². The summed E-state index contributed by atoms with van der Waals surface area (Å²) in [6, 6.07) is 9.41. The van der Waals surface area contributed by atoms with Gasteiger partial charge in [0.2, 0.25) is 0 Å². The summed E-state index contributed by atoms with van der Waals surface area (Å²) in [5.74, 6) is 0.794. The van der Waals surface area contributed by atoms with Crippen LogP contribution in [0.4, 0.5) is 5.69 Å². The summed E-state index contributed by atoms with van der Waals surface area (Å²) < 4.78 is 45.1. The molecule has 0 atom stereocenters. The molecular weight excluding hydrogens is 639 g/mol. The Morgan fingerprint density at radius 2 is 0.979 bits per heavy atom. The van der Waals surface area contributed by atoms with E-state index in [0.29, 0.717) is 65.8 Å². The highest BCUT2D eigenvalue weighted by atomic mass is 28.4. The van der Waals surface area contributed by atoms with Crippen LogP contribution in [0.15, 0.2) is 36.7 Å². The molecule has 0 N–H and O–H groups in total. The van der Waals surface area contributed by atoms with E-state index in [1.54, 1.807) is 7.11 Å². The van der Waals surface area contributed by atoms with Crippen molar-refractivity contribution in [3.8, 4) is 5.75 Å². The molecule has 3 rings (SSSR count). The van der Waals surface area contributed by atoms with Gasteiger partial charge in [-0.05, 0) is 78.6 Å². The van der Waals surface area contributed by atoms with Gasteiger partial charge < -0.3 is 36.2 Å². The second kappa shape index (κ2) is 20.6. The quantitative estimate of drug-likeness (QED) is 0.105. The summed E-state index contributed by atoms with van der Waals surface area (Å²) in [5, 5.41) is 17.8. The summed E-state index contributed by atoms with van der Waals surface area (Å²) >= 11 is 0. The molecule has 0 unspecified atom stereocenters. The molecule has 0 aliphatic heterocycles. The molecule has 0 fully saturated rings. The number of aromatic nitrogens is 6. The van der Waals surface area contributed by atoms with E-state index in [-0.39, 0.29) is 0 Å². The van der Waals surface area contributed by atoms with Crippen LogP contribution in [-0.4, -0.2) is 94.3 Å². The minimum atomic E-state index is -2.70. The standard InChI is InChI=1S/C31H55N7O7Si2/c1-8-40-46(41-9-2,42-10-3)22-14-20-37-26-28(32-34-37)24-36(30-16-18-31(39-7)19-17-30)25-29-27-38(35-33-29)21-15-23-47(43-11-4,44-12-5)45-13-6/h16-19,26-27H,8-15,20-25H2,1-7H3. The summed E-state index contributed by atoms with van der Waals surface area (Å²) in [6.07, 6.45) is 5.60. The second-order valence-electron chi connectivity index (χ2n) is 10.7. The number of methoxy groups -OCH3 is 1. The van der Waals surface area contributed by atoms with E-state index in [2.05, 4.69) is 25.5 Å². The smallest absolute Gasteiger partial charge is 0.497 e. The van der Waals surface area contributed by atoms with Crippen LogP contribution in [0.5, 0.6) is 5.75 Å². The van der Waals surface area contributed by atoms with Crippen LogP contribution in [0.25, 0.3) is 0 Å². The summed E-state index contributed by atoms with van der Waals surface area (Å²) in [4.78, 5) is 2.20. The number of anilines is 1. The number of hydrogen-bond donors (Lipinski definition) is 0. The highest BCUT2D eigenvalue weighted by Crippen LogP contribution is 2.24. The molecule has 16 heteroatoms. The number of nitrogens with zero attached hydrogens (tertiary/aromatic N) is 7. The number of rotatable bonds is 26. The molecule has 0 spiro atoms. The lowest BCUT2D eigenvalue weighted by Gasteiger charge is -2.28. The third-order valence-electron chi connectivity index (χ3n) is 7.24. The predicted octanol–water partition coefficient (Wildman–Crippen LogP) is 4.96. The zero-order valence-corrected chi connectivity index (χ0v) is 31.4. The maximum absolute atomic E-state index is 6.00. The number of hydrogen-bond acceptors (Lipinski definition) is 12. The maximum Gasteiger partial charge on any atom is 0.500 e. The van der Waals surface area contributed by atoms with Crippen molar-refractivity contribution in [3.05, 3.63) is 48.0 Å². The normalized spacial score (nSPS) is 12.1. The van der Waals surface area contributed by atoms with Crippen molar-refractivity contribution in [2.75, 3.05) is 51.7 Å². The van der Waals surface area contributed by atoms with Crippen LogP contribution in [0.3, 0.4) is 0 Å². The molecule has 3 aromatic rings. The molecule has 0 amide bonds. The Hall–Kier alpha value is -2.71. The third-order valence-corrected chi connectivity index (χ3v) is 13.5. The molecule has 0 radical (unpaired) electrons. The number of ether oxygens (including phenoxy) is 1. The first-order valence-electron chi connectivity index (χ1n) is 16.9. The first-order chi connectivity index (χ1) is 22.9. The average molecular weight is 694 g/mol. The Kier molecular flexibility index (Phi) is 17.0. The van der Waals surface area contributed by atoms with Crippen LogP contribution in [0.1, 0.15) is 65.8 Å². The monoisotopic (exact) mass is 693 g/mol.